The summed E-state index contributed by atoms with van der Waals surface area (Å²) in [5.41, 5.74) is 0.838. The average molecular weight is 328 g/mol. The van der Waals surface area contributed by atoms with Crippen LogP contribution in [0.3, 0.4) is 0 Å². The number of hydrogen-bond donors (Lipinski definition) is 2. The third-order valence-corrected chi connectivity index (χ3v) is 4.24. The predicted molar refractivity (Wildman–Crippen MR) is 77.2 cm³/mol. The Hall–Kier alpha value is -1.04. The second-order valence-electron chi connectivity index (χ2n) is 3.80. The first-order chi connectivity index (χ1) is 8.70. The van der Waals surface area contributed by atoms with E-state index < -0.39 is 0 Å². The van der Waals surface area contributed by atoms with Crippen molar-refractivity contribution < 1.29 is 9.84 Å². The van der Waals surface area contributed by atoms with Crippen molar-refractivity contribution in [2.24, 2.45) is 0 Å². The second-order valence-corrected chi connectivity index (χ2v) is 5.71. The molecule has 0 bridgehead atoms. The molecule has 0 atom stereocenters. The van der Waals surface area contributed by atoms with Crippen LogP contribution in [0.25, 0.3) is 0 Å². The van der Waals surface area contributed by atoms with Crippen molar-refractivity contribution in [1.82, 2.24) is 5.32 Å². The van der Waals surface area contributed by atoms with Crippen LogP contribution in [-0.2, 0) is 13.1 Å². The molecule has 0 amide bonds. The lowest BCUT2D eigenvalue weighted by molar-refractivity contribution is 0.369. The van der Waals surface area contributed by atoms with Crippen LogP contribution in [0.15, 0.2) is 34.1 Å². The van der Waals surface area contributed by atoms with Crippen LogP contribution in [0.1, 0.15) is 10.4 Å². The summed E-state index contributed by atoms with van der Waals surface area (Å²) in [6.07, 6.45) is 0. The van der Waals surface area contributed by atoms with Crippen LogP contribution in [0.5, 0.6) is 11.5 Å². The van der Waals surface area contributed by atoms with Gasteiger partial charge >= 0.3 is 0 Å². The van der Waals surface area contributed by atoms with Crippen molar-refractivity contribution in [3.63, 3.8) is 0 Å². The molecule has 2 N–H and O–H groups in total. The molecule has 0 saturated heterocycles. The summed E-state index contributed by atoms with van der Waals surface area (Å²) in [7, 11) is 1.55. The zero-order valence-corrected chi connectivity index (χ0v) is 12.3. The number of halogens is 1. The van der Waals surface area contributed by atoms with Gasteiger partial charge in [-0.3, -0.25) is 0 Å². The summed E-state index contributed by atoms with van der Waals surface area (Å²) < 4.78 is 6.18. The maximum absolute atomic E-state index is 9.92. The normalized spacial score (nSPS) is 10.6. The molecule has 0 radical (unpaired) electrons. The zero-order valence-electron chi connectivity index (χ0n) is 9.94. The Morgan fingerprint density at radius 2 is 2.22 bits per heavy atom. The van der Waals surface area contributed by atoms with E-state index in [2.05, 4.69) is 32.7 Å². The van der Waals surface area contributed by atoms with E-state index in [4.69, 9.17) is 4.74 Å². The number of para-hydroxylation sites is 1. The third-order valence-electron chi connectivity index (χ3n) is 2.54. The van der Waals surface area contributed by atoms with Gasteiger partial charge in [-0.1, -0.05) is 12.1 Å². The summed E-state index contributed by atoms with van der Waals surface area (Å²) >= 11 is 5.13. The number of thiophene rings is 1. The van der Waals surface area contributed by atoms with E-state index in [0.29, 0.717) is 12.3 Å². The molecule has 0 aliphatic carbocycles. The van der Waals surface area contributed by atoms with Crippen LogP contribution in [0.2, 0.25) is 0 Å². The molecule has 1 aromatic heterocycles. The van der Waals surface area contributed by atoms with Crippen molar-refractivity contribution >= 4 is 27.3 Å². The first-order valence-corrected chi connectivity index (χ1v) is 7.16. The molecule has 0 saturated carbocycles. The van der Waals surface area contributed by atoms with E-state index >= 15 is 0 Å². The van der Waals surface area contributed by atoms with E-state index in [0.717, 1.165) is 16.6 Å². The molecule has 3 nitrogen and oxygen atoms in total. The van der Waals surface area contributed by atoms with Crippen molar-refractivity contribution in [2.75, 3.05) is 7.11 Å². The number of phenols is 1. The highest BCUT2D eigenvalue weighted by Gasteiger charge is 2.06. The number of aromatic hydroxyl groups is 1. The third kappa shape index (κ3) is 3.25. The van der Waals surface area contributed by atoms with Crippen molar-refractivity contribution in [3.05, 3.63) is 44.6 Å². The van der Waals surface area contributed by atoms with Gasteiger partial charge in [0.15, 0.2) is 11.5 Å². The van der Waals surface area contributed by atoms with Crippen LogP contribution < -0.4 is 10.1 Å². The number of methoxy groups -OCH3 is 1. The fourth-order valence-electron chi connectivity index (χ4n) is 1.64. The van der Waals surface area contributed by atoms with Crippen LogP contribution >= 0.6 is 27.3 Å². The molecule has 0 unspecified atom stereocenters. The fraction of sp³-hybridized carbons (Fsp3) is 0.231. The molecule has 5 heteroatoms. The SMILES string of the molecule is COc1cccc(CNCc2cc(Br)cs2)c1O. The molecular weight excluding hydrogens is 314 g/mol. The highest BCUT2D eigenvalue weighted by Crippen LogP contribution is 2.29. The first-order valence-electron chi connectivity index (χ1n) is 5.49. The monoisotopic (exact) mass is 327 g/mol. The largest absolute Gasteiger partial charge is 0.504 e. The highest BCUT2D eigenvalue weighted by atomic mass is 79.9. The molecule has 96 valence electrons. The minimum Gasteiger partial charge on any atom is -0.504 e. The summed E-state index contributed by atoms with van der Waals surface area (Å²) in [5.74, 6) is 0.716. The van der Waals surface area contributed by atoms with E-state index in [1.165, 1.54) is 4.88 Å². The van der Waals surface area contributed by atoms with E-state index in [1.807, 2.05) is 12.1 Å². The molecular formula is C13H14BrNO2S. The Morgan fingerprint density at radius 1 is 1.39 bits per heavy atom. The molecule has 1 aromatic carbocycles. The standard InChI is InChI=1S/C13H14BrNO2S/c1-17-12-4-2-3-9(13(12)16)6-15-7-11-5-10(14)8-18-11/h2-5,8,15-16H,6-7H2,1H3. The molecule has 1 heterocycles. The lowest BCUT2D eigenvalue weighted by Crippen LogP contribution is -2.11. The van der Waals surface area contributed by atoms with Crippen LogP contribution in [0, 0.1) is 0 Å². The summed E-state index contributed by atoms with van der Waals surface area (Å²) in [4.78, 5) is 1.25. The Balaban J connectivity index is 1.94. The summed E-state index contributed by atoms with van der Waals surface area (Å²) in [6.45, 7) is 1.39. The summed E-state index contributed by atoms with van der Waals surface area (Å²) in [5, 5.41) is 15.3. The molecule has 2 rings (SSSR count). The molecule has 2 aromatic rings. The topological polar surface area (TPSA) is 41.5 Å². The maximum Gasteiger partial charge on any atom is 0.162 e. The van der Waals surface area contributed by atoms with Gasteiger partial charge in [-0.15, -0.1) is 11.3 Å². The van der Waals surface area contributed by atoms with Crippen molar-refractivity contribution in [2.45, 2.75) is 13.1 Å². The fourth-order valence-corrected chi connectivity index (χ4v) is 3.06. The van der Waals surface area contributed by atoms with Gasteiger partial charge in [0.2, 0.25) is 0 Å². The first kappa shape index (κ1) is 13.4. The Morgan fingerprint density at radius 3 is 2.89 bits per heavy atom. The predicted octanol–water partition coefficient (Wildman–Crippen LogP) is 3.51. The van der Waals surface area contributed by atoms with Crippen LogP contribution in [-0.4, -0.2) is 12.2 Å². The maximum atomic E-state index is 9.92. The van der Waals surface area contributed by atoms with Crippen LogP contribution in [0.4, 0.5) is 0 Å². The van der Waals surface area contributed by atoms with E-state index in [9.17, 15) is 5.11 Å². The van der Waals surface area contributed by atoms with Gasteiger partial charge in [0.1, 0.15) is 0 Å². The van der Waals surface area contributed by atoms with Crippen molar-refractivity contribution in [3.8, 4) is 11.5 Å². The second kappa shape index (κ2) is 6.22. The van der Waals surface area contributed by atoms with Crippen molar-refractivity contribution in [1.29, 1.82) is 0 Å². The lowest BCUT2D eigenvalue weighted by atomic mass is 10.2. The highest BCUT2D eigenvalue weighted by molar-refractivity contribution is 9.10. The molecule has 18 heavy (non-hydrogen) atoms. The molecule has 0 fully saturated rings. The number of phenolic OH excluding ortho intramolecular Hbond substituents is 1. The number of hydrogen-bond acceptors (Lipinski definition) is 4. The van der Waals surface area contributed by atoms with E-state index in [1.54, 1.807) is 24.5 Å². The van der Waals surface area contributed by atoms with Gasteiger partial charge in [0, 0.05) is 33.4 Å². The Kier molecular flexibility index (Phi) is 4.63. The smallest absolute Gasteiger partial charge is 0.162 e. The molecule has 0 spiro atoms. The van der Waals surface area contributed by atoms with Gasteiger partial charge in [0.25, 0.3) is 0 Å². The van der Waals surface area contributed by atoms with Gasteiger partial charge in [-0.2, -0.15) is 0 Å². The zero-order chi connectivity index (χ0) is 13.0. The van der Waals surface area contributed by atoms with Gasteiger partial charge in [-0.05, 0) is 28.1 Å². The minimum atomic E-state index is 0.208. The number of ether oxygens (including phenoxy) is 1. The average Bonchev–Trinajstić information content (AvgIpc) is 2.77. The lowest BCUT2D eigenvalue weighted by Gasteiger charge is -2.09. The van der Waals surface area contributed by atoms with Gasteiger partial charge < -0.3 is 15.2 Å². The number of benzene rings is 1. The number of nitrogens with one attached hydrogen (secondary N) is 1. The molecule has 0 aliphatic heterocycles. The summed E-state index contributed by atoms with van der Waals surface area (Å²) in [6, 6.07) is 7.59. The Labute approximate surface area is 119 Å². The molecule has 0 aliphatic rings. The van der Waals surface area contributed by atoms with E-state index in [-0.39, 0.29) is 5.75 Å². The Bertz CT molecular complexity index is 527. The van der Waals surface area contributed by atoms with Gasteiger partial charge in [-0.25, -0.2) is 0 Å². The minimum absolute atomic E-state index is 0.208. The number of rotatable bonds is 5. The quantitative estimate of drug-likeness (QED) is 0.882. The van der Waals surface area contributed by atoms with Gasteiger partial charge in [0.05, 0.1) is 7.11 Å².